The Morgan fingerprint density at radius 3 is 2.83 bits per heavy atom. The van der Waals surface area contributed by atoms with Crippen molar-refractivity contribution in [3.8, 4) is 11.6 Å². The summed E-state index contributed by atoms with van der Waals surface area (Å²) in [5.74, 6) is 0.0914. The van der Waals surface area contributed by atoms with Gasteiger partial charge in [0.15, 0.2) is 11.6 Å². The molecule has 0 amide bonds. The summed E-state index contributed by atoms with van der Waals surface area (Å²) in [4.78, 5) is 12.0. The van der Waals surface area contributed by atoms with E-state index in [9.17, 15) is 4.39 Å². The summed E-state index contributed by atoms with van der Waals surface area (Å²) in [6.45, 7) is 6.56. The lowest BCUT2D eigenvalue weighted by atomic mass is 10.2. The largest absolute Gasteiger partial charge is 0.436 e. The summed E-state index contributed by atoms with van der Waals surface area (Å²) in [6.07, 6.45) is 3.08. The van der Waals surface area contributed by atoms with E-state index < -0.39 is 5.82 Å². The molecule has 1 aromatic heterocycles. The number of nitrogens with zero attached hydrogens (tertiary/aromatic N) is 3. The first kappa shape index (κ1) is 17.8. The normalized spacial score (nSPS) is 11.8. The third kappa shape index (κ3) is 4.99. The maximum atomic E-state index is 14.2. The minimum absolute atomic E-state index is 0.0662. The monoisotopic (exact) mass is 332 g/mol. The molecule has 0 bridgehead atoms. The fraction of sp³-hybridized carbons (Fsp3) is 0.353. The van der Waals surface area contributed by atoms with Crippen LogP contribution in [0.5, 0.6) is 11.6 Å². The quantitative estimate of drug-likeness (QED) is 0.479. The van der Waals surface area contributed by atoms with Gasteiger partial charge in [0, 0.05) is 17.3 Å². The van der Waals surface area contributed by atoms with Crippen LogP contribution in [0.2, 0.25) is 0 Å². The highest BCUT2D eigenvalue weighted by molar-refractivity contribution is 5.97. The van der Waals surface area contributed by atoms with Crippen molar-refractivity contribution in [1.29, 1.82) is 0 Å². The van der Waals surface area contributed by atoms with Gasteiger partial charge in [-0.2, -0.15) is 0 Å². The number of nitrogens with two attached hydrogens (primary N) is 1. The van der Waals surface area contributed by atoms with Gasteiger partial charge in [0.2, 0.25) is 5.88 Å². The first-order valence-corrected chi connectivity index (χ1v) is 7.63. The van der Waals surface area contributed by atoms with Crippen molar-refractivity contribution in [2.45, 2.75) is 26.9 Å². The number of hydrogen-bond donors (Lipinski definition) is 1. The Labute approximate surface area is 140 Å². The number of benzene rings is 1. The smallest absolute Gasteiger partial charge is 0.225 e. The van der Waals surface area contributed by atoms with E-state index in [-0.39, 0.29) is 17.7 Å². The van der Waals surface area contributed by atoms with Gasteiger partial charge in [0.1, 0.15) is 12.2 Å². The lowest BCUT2D eigenvalue weighted by Crippen LogP contribution is -2.16. The third-order valence-corrected chi connectivity index (χ3v) is 3.11. The van der Waals surface area contributed by atoms with Crippen molar-refractivity contribution in [2.24, 2.45) is 10.7 Å². The van der Waals surface area contributed by atoms with E-state index in [0.717, 1.165) is 0 Å². The van der Waals surface area contributed by atoms with Crippen LogP contribution in [0.25, 0.3) is 0 Å². The molecular formula is C17H21FN4O2. The molecule has 128 valence electrons. The summed E-state index contributed by atoms with van der Waals surface area (Å²) < 4.78 is 25.1. The molecule has 2 rings (SSSR count). The summed E-state index contributed by atoms with van der Waals surface area (Å²) in [7, 11) is 0. The van der Waals surface area contributed by atoms with Gasteiger partial charge in [-0.1, -0.05) is 0 Å². The zero-order valence-corrected chi connectivity index (χ0v) is 14.0. The molecule has 0 aliphatic carbocycles. The number of aromatic nitrogens is 2. The maximum absolute atomic E-state index is 14.2. The van der Waals surface area contributed by atoms with Crippen molar-refractivity contribution in [1.82, 2.24) is 9.97 Å². The molecule has 0 radical (unpaired) electrons. The second kappa shape index (κ2) is 8.35. The molecule has 0 spiro atoms. The van der Waals surface area contributed by atoms with E-state index in [1.165, 1.54) is 18.5 Å². The predicted octanol–water partition coefficient (Wildman–Crippen LogP) is 2.85. The number of halogens is 1. The van der Waals surface area contributed by atoms with Gasteiger partial charge in [-0.25, -0.2) is 14.4 Å². The molecule has 2 N–H and O–H groups in total. The molecular weight excluding hydrogens is 311 g/mol. The maximum Gasteiger partial charge on any atom is 0.225 e. The number of amidine groups is 1. The topological polar surface area (TPSA) is 82.6 Å². The standard InChI is InChI=1S/C17H21FN4O2/c1-11(2)23-7-6-21-16(19)13-4-5-15(14(18)8-13)24-17-12(3)9-20-10-22-17/h4-5,8-11H,6-7H2,1-3H3,(H2,19,21). The summed E-state index contributed by atoms with van der Waals surface area (Å²) >= 11 is 0. The van der Waals surface area contributed by atoms with Crippen LogP contribution in [-0.4, -0.2) is 35.1 Å². The summed E-state index contributed by atoms with van der Waals surface area (Å²) in [5, 5.41) is 0. The van der Waals surface area contributed by atoms with E-state index in [1.54, 1.807) is 19.2 Å². The van der Waals surface area contributed by atoms with Gasteiger partial charge >= 0.3 is 0 Å². The Morgan fingerprint density at radius 1 is 1.38 bits per heavy atom. The van der Waals surface area contributed by atoms with Crippen LogP contribution in [-0.2, 0) is 4.74 Å². The van der Waals surface area contributed by atoms with E-state index in [0.29, 0.717) is 30.2 Å². The second-order valence-corrected chi connectivity index (χ2v) is 5.44. The molecule has 0 unspecified atom stereocenters. The highest BCUT2D eigenvalue weighted by Crippen LogP contribution is 2.25. The average Bonchev–Trinajstić information content (AvgIpc) is 2.55. The lowest BCUT2D eigenvalue weighted by Gasteiger charge is -2.09. The van der Waals surface area contributed by atoms with Crippen molar-refractivity contribution in [3.63, 3.8) is 0 Å². The number of aryl methyl sites for hydroxylation is 1. The fourth-order valence-electron chi connectivity index (χ4n) is 1.89. The summed E-state index contributed by atoms with van der Waals surface area (Å²) in [6, 6.07) is 4.43. The predicted molar refractivity (Wildman–Crippen MR) is 89.9 cm³/mol. The van der Waals surface area contributed by atoms with Gasteiger partial charge in [-0.05, 0) is 39.0 Å². The molecule has 1 heterocycles. The first-order chi connectivity index (χ1) is 11.5. The minimum atomic E-state index is -0.540. The third-order valence-electron chi connectivity index (χ3n) is 3.11. The van der Waals surface area contributed by atoms with E-state index in [4.69, 9.17) is 15.2 Å². The van der Waals surface area contributed by atoms with Crippen molar-refractivity contribution in [3.05, 3.63) is 47.7 Å². The SMILES string of the molecule is Cc1cncnc1Oc1ccc(C(N)=NCCOC(C)C)cc1F. The highest BCUT2D eigenvalue weighted by atomic mass is 19.1. The van der Waals surface area contributed by atoms with Crippen LogP contribution in [0.3, 0.4) is 0 Å². The zero-order valence-electron chi connectivity index (χ0n) is 14.0. The molecule has 0 saturated heterocycles. The molecule has 0 fully saturated rings. The van der Waals surface area contributed by atoms with Crippen LogP contribution in [0.4, 0.5) is 4.39 Å². The Kier molecular flexibility index (Phi) is 6.20. The van der Waals surface area contributed by atoms with Crippen molar-refractivity contribution in [2.75, 3.05) is 13.2 Å². The van der Waals surface area contributed by atoms with Crippen LogP contribution in [0.1, 0.15) is 25.0 Å². The lowest BCUT2D eigenvalue weighted by molar-refractivity contribution is 0.0853. The van der Waals surface area contributed by atoms with Gasteiger partial charge < -0.3 is 15.2 Å². The van der Waals surface area contributed by atoms with Crippen LogP contribution in [0, 0.1) is 12.7 Å². The second-order valence-electron chi connectivity index (χ2n) is 5.44. The fourth-order valence-corrected chi connectivity index (χ4v) is 1.89. The highest BCUT2D eigenvalue weighted by Gasteiger charge is 2.10. The van der Waals surface area contributed by atoms with Crippen LogP contribution < -0.4 is 10.5 Å². The van der Waals surface area contributed by atoms with E-state index in [2.05, 4.69) is 15.0 Å². The Balaban J connectivity index is 2.06. The molecule has 0 aliphatic heterocycles. The Morgan fingerprint density at radius 2 is 2.17 bits per heavy atom. The minimum Gasteiger partial charge on any atom is -0.436 e. The van der Waals surface area contributed by atoms with Gasteiger partial charge in [-0.15, -0.1) is 0 Å². The number of rotatable bonds is 7. The average molecular weight is 332 g/mol. The molecule has 1 aromatic carbocycles. The molecule has 0 saturated carbocycles. The number of aliphatic imine (C=N–C) groups is 1. The van der Waals surface area contributed by atoms with E-state index in [1.807, 2.05) is 13.8 Å². The first-order valence-electron chi connectivity index (χ1n) is 7.63. The Bertz CT molecular complexity index is 719. The Hall–Kier alpha value is -2.54. The molecule has 0 atom stereocenters. The van der Waals surface area contributed by atoms with Crippen LogP contribution >= 0.6 is 0 Å². The number of ether oxygens (including phenoxy) is 2. The molecule has 0 aliphatic rings. The molecule has 7 heteroatoms. The molecule has 24 heavy (non-hydrogen) atoms. The van der Waals surface area contributed by atoms with Crippen molar-refractivity contribution < 1.29 is 13.9 Å². The van der Waals surface area contributed by atoms with Gasteiger partial charge in [0.05, 0.1) is 19.3 Å². The molecule has 2 aromatic rings. The van der Waals surface area contributed by atoms with Gasteiger partial charge in [-0.3, -0.25) is 4.99 Å². The van der Waals surface area contributed by atoms with E-state index >= 15 is 0 Å². The summed E-state index contributed by atoms with van der Waals surface area (Å²) in [5.41, 5.74) is 7.08. The van der Waals surface area contributed by atoms with Crippen molar-refractivity contribution >= 4 is 5.84 Å². The zero-order chi connectivity index (χ0) is 17.5. The van der Waals surface area contributed by atoms with Crippen LogP contribution in [0.15, 0.2) is 35.7 Å². The molecule has 6 nitrogen and oxygen atoms in total. The number of hydrogen-bond acceptors (Lipinski definition) is 5. The van der Waals surface area contributed by atoms with Gasteiger partial charge in [0.25, 0.3) is 0 Å².